The van der Waals surface area contributed by atoms with Crippen LogP contribution >= 0.6 is 11.6 Å². The van der Waals surface area contributed by atoms with Gasteiger partial charge < -0.3 is 24.3 Å². The SMILES string of the molecule is COc1cc(C(=O)c2c(O)[nH]c3cc(Cl)c(-c4ccc(N(C)C5CC5)cc4)cc23)on1. The van der Waals surface area contributed by atoms with Gasteiger partial charge in [-0.1, -0.05) is 23.7 Å². The molecule has 1 aliphatic rings. The van der Waals surface area contributed by atoms with Gasteiger partial charge in [0.25, 0.3) is 5.88 Å². The van der Waals surface area contributed by atoms with E-state index in [1.165, 1.54) is 26.0 Å². The number of rotatable bonds is 6. The molecule has 31 heavy (non-hydrogen) atoms. The van der Waals surface area contributed by atoms with Gasteiger partial charge >= 0.3 is 0 Å². The molecule has 8 heteroatoms. The van der Waals surface area contributed by atoms with Crippen molar-refractivity contribution in [1.82, 2.24) is 10.1 Å². The van der Waals surface area contributed by atoms with Gasteiger partial charge in [0.2, 0.25) is 17.4 Å². The first-order valence-electron chi connectivity index (χ1n) is 9.89. The lowest BCUT2D eigenvalue weighted by Crippen LogP contribution is -2.18. The fourth-order valence-electron chi connectivity index (χ4n) is 3.79. The predicted molar refractivity (Wildman–Crippen MR) is 118 cm³/mol. The number of carbonyl (C=O) groups is 1. The van der Waals surface area contributed by atoms with Gasteiger partial charge in [0.05, 0.1) is 29.3 Å². The van der Waals surface area contributed by atoms with Crippen molar-refractivity contribution >= 4 is 34.0 Å². The lowest BCUT2D eigenvalue weighted by molar-refractivity contribution is 0.0999. The highest BCUT2D eigenvalue weighted by Crippen LogP contribution is 2.38. The van der Waals surface area contributed by atoms with Crippen molar-refractivity contribution in [3.63, 3.8) is 0 Å². The number of hydrogen-bond acceptors (Lipinski definition) is 6. The first kappa shape index (κ1) is 19.5. The van der Waals surface area contributed by atoms with Crippen molar-refractivity contribution in [2.45, 2.75) is 18.9 Å². The van der Waals surface area contributed by atoms with Crippen LogP contribution in [0.2, 0.25) is 5.02 Å². The second-order valence-electron chi connectivity index (χ2n) is 7.68. The number of nitrogens with one attached hydrogen (secondary N) is 1. The molecule has 0 radical (unpaired) electrons. The number of fused-ring (bicyclic) bond motifs is 1. The van der Waals surface area contributed by atoms with Gasteiger partial charge in [0.1, 0.15) is 0 Å². The van der Waals surface area contributed by atoms with Gasteiger partial charge in [-0.3, -0.25) is 4.79 Å². The number of aromatic hydroxyl groups is 1. The molecule has 0 spiro atoms. The molecule has 0 bridgehead atoms. The molecule has 7 nitrogen and oxygen atoms in total. The summed E-state index contributed by atoms with van der Waals surface area (Å²) in [6.07, 6.45) is 2.46. The Morgan fingerprint density at radius 3 is 2.65 bits per heavy atom. The fraction of sp³-hybridized carbons (Fsp3) is 0.217. The van der Waals surface area contributed by atoms with Crippen molar-refractivity contribution in [3.05, 3.63) is 58.8 Å². The summed E-state index contributed by atoms with van der Waals surface area (Å²) in [6, 6.07) is 13.7. The topological polar surface area (TPSA) is 91.6 Å². The Morgan fingerprint density at radius 2 is 2.00 bits per heavy atom. The molecule has 0 unspecified atom stereocenters. The number of halogens is 1. The van der Waals surface area contributed by atoms with E-state index in [-0.39, 0.29) is 23.1 Å². The summed E-state index contributed by atoms with van der Waals surface area (Å²) < 4.78 is 10.0. The van der Waals surface area contributed by atoms with Crippen LogP contribution in [0, 0.1) is 0 Å². The van der Waals surface area contributed by atoms with Crippen LogP contribution < -0.4 is 9.64 Å². The highest BCUT2D eigenvalue weighted by Gasteiger charge is 2.27. The minimum atomic E-state index is -0.505. The Kier molecular flexibility index (Phi) is 4.63. The van der Waals surface area contributed by atoms with Gasteiger partial charge in [-0.15, -0.1) is 0 Å². The molecule has 2 heterocycles. The summed E-state index contributed by atoms with van der Waals surface area (Å²) in [5.74, 6) is -0.612. The molecule has 0 amide bonds. The van der Waals surface area contributed by atoms with E-state index in [4.69, 9.17) is 20.9 Å². The Morgan fingerprint density at radius 1 is 1.26 bits per heavy atom. The molecule has 1 fully saturated rings. The van der Waals surface area contributed by atoms with Gasteiger partial charge in [0, 0.05) is 29.7 Å². The second-order valence-corrected chi connectivity index (χ2v) is 8.09. The zero-order valence-electron chi connectivity index (χ0n) is 17.0. The first-order valence-corrected chi connectivity index (χ1v) is 10.3. The van der Waals surface area contributed by atoms with E-state index < -0.39 is 5.78 Å². The third-order valence-corrected chi connectivity index (χ3v) is 6.01. The quantitative estimate of drug-likeness (QED) is 0.411. The van der Waals surface area contributed by atoms with Gasteiger partial charge in [-0.05, 0) is 47.8 Å². The largest absolute Gasteiger partial charge is 0.494 e. The van der Waals surface area contributed by atoms with Crippen molar-refractivity contribution in [2.24, 2.45) is 0 Å². The molecule has 2 aromatic heterocycles. The zero-order chi connectivity index (χ0) is 21.7. The molecule has 2 aromatic carbocycles. The standard InChI is InChI=1S/C23H20ClN3O4/c1-27(14-7-8-14)13-5-3-12(4-6-13)15-9-16-18(10-17(15)24)25-23(29)21(16)22(28)19-11-20(30-2)26-31-19/h3-6,9-11,14,25,29H,7-8H2,1-2H3. The molecule has 0 aliphatic heterocycles. The molecular weight excluding hydrogens is 418 g/mol. The molecule has 0 atom stereocenters. The van der Waals surface area contributed by atoms with Crippen LogP contribution in [0.5, 0.6) is 11.8 Å². The van der Waals surface area contributed by atoms with Gasteiger partial charge in [-0.25, -0.2) is 0 Å². The zero-order valence-corrected chi connectivity index (χ0v) is 17.7. The number of anilines is 1. The van der Waals surface area contributed by atoms with E-state index in [2.05, 4.69) is 34.2 Å². The molecule has 1 saturated carbocycles. The number of methoxy groups -OCH3 is 1. The monoisotopic (exact) mass is 437 g/mol. The van der Waals surface area contributed by atoms with Crippen molar-refractivity contribution < 1.29 is 19.2 Å². The molecular formula is C23H20ClN3O4. The maximum Gasteiger partial charge on any atom is 0.254 e. The molecule has 4 aromatic rings. The van der Waals surface area contributed by atoms with Gasteiger partial charge in [-0.2, -0.15) is 0 Å². The smallest absolute Gasteiger partial charge is 0.254 e. The molecule has 2 N–H and O–H groups in total. The summed E-state index contributed by atoms with van der Waals surface area (Å²) in [7, 11) is 3.53. The number of ketones is 1. The first-order chi connectivity index (χ1) is 15.0. The lowest BCUT2D eigenvalue weighted by Gasteiger charge is -2.19. The van der Waals surface area contributed by atoms with Crippen LogP contribution in [0.3, 0.4) is 0 Å². The van der Waals surface area contributed by atoms with E-state index in [0.29, 0.717) is 22.0 Å². The van der Waals surface area contributed by atoms with Crippen molar-refractivity contribution in [2.75, 3.05) is 19.1 Å². The number of ether oxygens (including phenoxy) is 1. The van der Waals surface area contributed by atoms with Crippen LogP contribution in [-0.2, 0) is 0 Å². The van der Waals surface area contributed by atoms with E-state index in [9.17, 15) is 9.90 Å². The maximum atomic E-state index is 13.0. The van der Waals surface area contributed by atoms with Crippen LogP contribution in [0.4, 0.5) is 5.69 Å². The average Bonchev–Trinajstić information content (AvgIpc) is 3.42. The number of H-pyrrole nitrogens is 1. The highest BCUT2D eigenvalue weighted by molar-refractivity contribution is 6.34. The summed E-state index contributed by atoms with van der Waals surface area (Å²) in [5, 5.41) is 15.1. The minimum Gasteiger partial charge on any atom is -0.494 e. The number of benzene rings is 2. The van der Waals surface area contributed by atoms with Crippen LogP contribution in [-0.4, -0.2) is 41.2 Å². The normalized spacial score (nSPS) is 13.5. The Bertz CT molecular complexity index is 1290. The fourth-order valence-corrected chi connectivity index (χ4v) is 4.06. The summed E-state index contributed by atoms with van der Waals surface area (Å²) in [4.78, 5) is 18.1. The molecule has 158 valence electrons. The number of aromatic amines is 1. The van der Waals surface area contributed by atoms with E-state index >= 15 is 0 Å². The van der Waals surface area contributed by atoms with E-state index in [1.807, 2.05) is 12.1 Å². The second kappa shape index (κ2) is 7.35. The Labute approximate surface area is 183 Å². The van der Waals surface area contributed by atoms with Crippen molar-refractivity contribution in [3.8, 4) is 22.9 Å². The predicted octanol–water partition coefficient (Wildman–Crippen LogP) is 5.02. The molecule has 5 rings (SSSR count). The van der Waals surface area contributed by atoms with E-state index in [0.717, 1.165) is 16.8 Å². The third-order valence-electron chi connectivity index (χ3n) is 5.70. The van der Waals surface area contributed by atoms with Crippen LogP contribution in [0.15, 0.2) is 47.0 Å². The number of nitrogens with zero attached hydrogens (tertiary/aromatic N) is 2. The number of carbonyl (C=O) groups excluding carboxylic acids is 1. The van der Waals surface area contributed by atoms with Crippen LogP contribution in [0.1, 0.15) is 29.0 Å². The van der Waals surface area contributed by atoms with Crippen molar-refractivity contribution in [1.29, 1.82) is 0 Å². The average molecular weight is 438 g/mol. The van der Waals surface area contributed by atoms with Gasteiger partial charge in [0.15, 0.2) is 0 Å². The van der Waals surface area contributed by atoms with Crippen LogP contribution in [0.25, 0.3) is 22.0 Å². The summed E-state index contributed by atoms with van der Waals surface area (Å²) in [6.45, 7) is 0. The molecule has 1 aliphatic carbocycles. The summed E-state index contributed by atoms with van der Waals surface area (Å²) >= 11 is 6.54. The lowest BCUT2D eigenvalue weighted by atomic mass is 10.00. The Hall–Kier alpha value is -3.45. The number of hydrogen-bond donors (Lipinski definition) is 2. The van der Waals surface area contributed by atoms with E-state index in [1.54, 1.807) is 12.1 Å². The summed E-state index contributed by atoms with van der Waals surface area (Å²) in [5.41, 5.74) is 3.47. The Balaban J connectivity index is 1.56. The maximum absolute atomic E-state index is 13.0. The third kappa shape index (κ3) is 3.41. The minimum absolute atomic E-state index is 0.0305. The number of aromatic nitrogens is 2. The highest BCUT2D eigenvalue weighted by atomic mass is 35.5. The molecule has 0 saturated heterocycles.